The lowest BCUT2D eigenvalue weighted by Crippen LogP contribution is -2.16. The average molecular weight is 233 g/mol. The van der Waals surface area contributed by atoms with E-state index in [4.69, 9.17) is 5.73 Å². The maximum Gasteiger partial charge on any atom is 0.131 e. The fourth-order valence-corrected chi connectivity index (χ4v) is 2.66. The van der Waals surface area contributed by atoms with Gasteiger partial charge >= 0.3 is 0 Å². The second kappa shape index (κ2) is 5.13. The molecule has 0 aromatic carbocycles. The van der Waals surface area contributed by atoms with Crippen LogP contribution < -0.4 is 5.73 Å². The van der Waals surface area contributed by atoms with Gasteiger partial charge in [0, 0.05) is 29.4 Å². The summed E-state index contributed by atoms with van der Waals surface area (Å²) in [6.07, 6.45) is 7.00. The third kappa shape index (κ3) is 2.83. The van der Waals surface area contributed by atoms with Crippen molar-refractivity contribution in [2.75, 3.05) is 0 Å². The maximum atomic E-state index is 5.88. The van der Waals surface area contributed by atoms with Crippen LogP contribution in [0.25, 0.3) is 0 Å². The first-order chi connectivity index (χ1) is 8.08. The first-order valence-corrected chi connectivity index (χ1v) is 6.67. The van der Waals surface area contributed by atoms with Crippen molar-refractivity contribution in [3.8, 4) is 0 Å². The Morgan fingerprint density at radius 2 is 1.94 bits per heavy atom. The SMILES string of the molecule is Cc1nc(C2CCC(C)CC2)ncc1[C@H](C)N. The van der Waals surface area contributed by atoms with Crippen LogP contribution in [0.3, 0.4) is 0 Å². The van der Waals surface area contributed by atoms with Crippen molar-refractivity contribution >= 4 is 0 Å². The zero-order valence-corrected chi connectivity index (χ0v) is 11.1. The summed E-state index contributed by atoms with van der Waals surface area (Å²) in [6.45, 7) is 6.35. The first-order valence-electron chi connectivity index (χ1n) is 6.67. The van der Waals surface area contributed by atoms with Crippen molar-refractivity contribution in [2.24, 2.45) is 11.7 Å². The highest BCUT2D eigenvalue weighted by Crippen LogP contribution is 2.34. The van der Waals surface area contributed by atoms with Gasteiger partial charge < -0.3 is 5.73 Å². The summed E-state index contributed by atoms with van der Waals surface area (Å²) in [5.41, 5.74) is 7.99. The molecule has 1 aromatic heterocycles. The fourth-order valence-electron chi connectivity index (χ4n) is 2.66. The van der Waals surface area contributed by atoms with Gasteiger partial charge in [-0.15, -0.1) is 0 Å². The molecular weight excluding hydrogens is 210 g/mol. The minimum atomic E-state index is 0.0235. The zero-order valence-electron chi connectivity index (χ0n) is 11.1. The van der Waals surface area contributed by atoms with Crippen molar-refractivity contribution in [1.29, 1.82) is 0 Å². The van der Waals surface area contributed by atoms with Crippen LogP contribution in [0.2, 0.25) is 0 Å². The van der Waals surface area contributed by atoms with E-state index in [1.807, 2.05) is 20.0 Å². The fraction of sp³-hybridized carbons (Fsp3) is 0.714. The molecule has 0 amide bonds. The number of rotatable bonds is 2. The second-order valence-corrected chi connectivity index (χ2v) is 5.51. The Morgan fingerprint density at radius 3 is 2.47 bits per heavy atom. The molecule has 0 saturated heterocycles. The Kier molecular flexibility index (Phi) is 3.77. The molecule has 1 saturated carbocycles. The first kappa shape index (κ1) is 12.5. The van der Waals surface area contributed by atoms with Gasteiger partial charge in [0.15, 0.2) is 0 Å². The van der Waals surface area contributed by atoms with E-state index in [1.54, 1.807) is 0 Å². The number of aromatic nitrogens is 2. The largest absolute Gasteiger partial charge is 0.324 e. The molecule has 17 heavy (non-hydrogen) atoms. The lowest BCUT2D eigenvalue weighted by atomic mass is 9.82. The normalized spacial score (nSPS) is 26.8. The summed E-state index contributed by atoms with van der Waals surface area (Å²) in [5.74, 6) is 2.46. The lowest BCUT2D eigenvalue weighted by molar-refractivity contribution is 0.339. The van der Waals surface area contributed by atoms with Crippen LogP contribution in [0, 0.1) is 12.8 Å². The van der Waals surface area contributed by atoms with Crippen molar-refractivity contribution < 1.29 is 0 Å². The molecule has 2 N–H and O–H groups in total. The van der Waals surface area contributed by atoms with Gasteiger partial charge in [-0.2, -0.15) is 0 Å². The smallest absolute Gasteiger partial charge is 0.131 e. The molecule has 1 aliphatic rings. The Hall–Kier alpha value is -0.960. The van der Waals surface area contributed by atoms with Crippen molar-refractivity contribution in [3.63, 3.8) is 0 Å². The molecule has 0 unspecified atom stereocenters. The van der Waals surface area contributed by atoms with Gasteiger partial charge in [0.2, 0.25) is 0 Å². The van der Waals surface area contributed by atoms with Gasteiger partial charge in [-0.3, -0.25) is 0 Å². The van der Waals surface area contributed by atoms with E-state index in [0.717, 1.165) is 23.0 Å². The van der Waals surface area contributed by atoms with E-state index in [2.05, 4.69) is 16.9 Å². The summed E-state index contributed by atoms with van der Waals surface area (Å²) in [5, 5.41) is 0. The van der Waals surface area contributed by atoms with Crippen LogP contribution in [0.1, 0.15) is 68.6 Å². The van der Waals surface area contributed by atoms with E-state index < -0.39 is 0 Å². The molecule has 2 rings (SSSR count). The number of nitrogens with two attached hydrogens (primary N) is 1. The van der Waals surface area contributed by atoms with E-state index in [1.165, 1.54) is 25.7 Å². The summed E-state index contributed by atoms with van der Waals surface area (Å²) in [6, 6.07) is 0.0235. The minimum absolute atomic E-state index is 0.0235. The summed E-state index contributed by atoms with van der Waals surface area (Å²) in [7, 11) is 0. The molecule has 94 valence electrons. The van der Waals surface area contributed by atoms with Gasteiger partial charge in [0.1, 0.15) is 5.82 Å². The van der Waals surface area contributed by atoms with Gasteiger partial charge in [0.25, 0.3) is 0 Å². The van der Waals surface area contributed by atoms with Crippen molar-refractivity contribution in [2.45, 2.75) is 58.4 Å². The van der Waals surface area contributed by atoms with E-state index in [-0.39, 0.29) is 6.04 Å². The van der Waals surface area contributed by atoms with Gasteiger partial charge in [0.05, 0.1) is 0 Å². The molecule has 3 nitrogen and oxygen atoms in total. The molecule has 0 radical (unpaired) electrons. The molecule has 1 aromatic rings. The number of hydrogen-bond acceptors (Lipinski definition) is 3. The summed E-state index contributed by atoms with van der Waals surface area (Å²) >= 11 is 0. The summed E-state index contributed by atoms with van der Waals surface area (Å²) < 4.78 is 0. The molecule has 1 fully saturated rings. The van der Waals surface area contributed by atoms with E-state index >= 15 is 0 Å². The molecule has 1 aliphatic carbocycles. The molecule has 1 atom stereocenters. The van der Waals surface area contributed by atoms with Crippen molar-refractivity contribution in [3.05, 3.63) is 23.3 Å². The standard InChI is InChI=1S/C14H23N3/c1-9-4-6-12(7-5-9)14-16-8-13(10(2)15)11(3)17-14/h8-10,12H,4-7,15H2,1-3H3/t9?,10-,12?/m0/s1. The number of hydrogen-bond donors (Lipinski definition) is 1. The van der Waals surface area contributed by atoms with Crippen LogP contribution >= 0.6 is 0 Å². The van der Waals surface area contributed by atoms with E-state index in [0.29, 0.717) is 5.92 Å². The third-order valence-electron chi connectivity index (χ3n) is 3.91. The topological polar surface area (TPSA) is 51.8 Å². The van der Waals surface area contributed by atoms with Gasteiger partial charge in [-0.05, 0) is 32.6 Å². The minimum Gasteiger partial charge on any atom is -0.324 e. The van der Waals surface area contributed by atoms with E-state index in [9.17, 15) is 0 Å². The lowest BCUT2D eigenvalue weighted by Gasteiger charge is -2.25. The maximum absolute atomic E-state index is 5.88. The van der Waals surface area contributed by atoms with Crippen LogP contribution in [0.5, 0.6) is 0 Å². The quantitative estimate of drug-likeness (QED) is 0.854. The monoisotopic (exact) mass is 233 g/mol. The second-order valence-electron chi connectivity index (χ2n) is 5.51. The zero-order chi connectivity index (χ0) is 12.4. The molecule has 0 bridgehead atoms. The Balaban J connectivity index is 2.14. The molecule has 0 aliphatic heterocycles. The predicted octanol–water partition coefficient (Wildman–Crippen LogP) is 3.10. The third-order valence-corrected chi connectivity index (χ3v) is 3.91. The molecule has 0 spiro atoms. The molecular formula is C14H23N3. The summed E-state index contributed by atoms with van der Waals surface area (Å²) in [4.78, 5) is 9.17. The Labute approximate surface area is 104 Å². The van der Waals surface area contributed by atoms with Crippen LogP contribution in [-0.4, -0.2) is 9.97 Å². The number of aryl methyl sites for hydroxylation is 1. The van der Waals surface area contributed by atoms with Crippen LogP contribution in [-0.2, 0) is 0 Å². The average Bonchev–Trinajstić information content (AvgIpc) is 2.29. The van der Waals surface area contributed by atoms with Crippen LogP contribution in [0.4, 0.5) is 0 Å². The van der Waals surface area contributed by atoms with Gasteiger partial charge in [-0.25, -0.2) is 9.97 Å². The molecule has 1 heterocycles. The molecule has 3 heteroatoms. The predicted molar refractivity (Wildman–Crippen MR) is 69.7 cm³/mol. The highest BCUT2D eigenvalue weighted by molar-refractivity contribution is 5.20. The number of nitrogens with zero attached hydrogens (tertiary/aromatic N) is 2. The Morgan fingerprint density at radius 1 is 1.29 bits per heavy atom. The highest BCUT2D eigenvalue weighted by Gasteiger charge is 2.22. The van der Waals surface area contributed by atoms with Crippen LogP contribution in [0.15, 0.2) is 6.20 Å². The van der Waals surface area contributed by atoms with Crippen molar-refractivity contribution in [1.82, 2.24) is 9.97 Å². The Bertz CT molecular complexity index is 379. The highest BCUT2D eigenvalue weighted by atomic mass is 14.9. The van der Waals surface area contributed by atoms with Gasteiger partial charge in [-0.1, -0.05) is 19.8 Å².